The molecule has 0 unspecified atom stereocenters. The molecule has 0 aliphatic carbocycles. The summed E-state index contributed by atoms with van der Waals surface area (Å²) in [6.07, 6.45) is 5.27. The van der Waals surface area contributed by atoms with E-state index < -0.39 is 0 Å². The molecular formula is C25H26N4OS. The summed E-state index contributed by atoms with van der Waals surface area (Å²) < 4.78 is 0. The fraction of sp³-hybridized carbons (Fsp3) is 0.320. The predicted molar refractivity (Wildman–Crippen MR) is 126 cm³/mol. The summed E-state index contributed by atoms with van der Waals surface area (Å²) >= 11 is 1.71. The topological polar surface area (TPSA) is 69.0 Å². The fourth-order valence-electron chi connectivity index (χ4n) is 4.16. The van der Waals surface area contributed by atoms with Crippen molar-refractivity contribution in [2.45, 2.75) is 31.2 Å². The third kappa shape index (κ3) is 4.67. The number of fused-ring (bicyclic) bond motifs is 1. The Bertz CT molecular complexity index is 1130. The lowest BCUT2D eigenvalue weighted by Gasteiger charge is -2.34. The van der Waals surface area contributed by atoms with E-state index in [0.29, 0.717) is 12.1 Å². The third-order valence-corrected chi connectivity index (χ3v) is 6.67. The first-order valence-corrected chi connectivity index (χ1v) is 11.8. The molecule has 3 aromatic rings. The maximum atomic E-state index is 12.7. The summed E-state index contributed by atoms with van der Waals surface area (Å²) in [4.78, 5) is 20.6. The highest BCUT2D eigenvalue weighted by Gasteiger charge is 2.27. The Morgan fingerprint density at radius 3 is 2.65 bits per heavy atom. The van der Waals surface area contributed by atoms with Gasteiger partial charge >= 0.3 is 0 Å². The number of nitriles is 1. The van der Waals surface area contributed by atoms with E-state index in [1.807, 2.05) is 19.1 Å². The minimum absolute atomic E-state index is 0.00194. The summed E-state index contributed by atoms with van der Waals surface area (Å²) in [6.45, 7) is 4.11. The average Bonchev–Trinajstić information content (AvgIpc) is 2.82. The van der Waals surface area contributed by atoms with Gasteiger partial charge in [0.1, 0.15) is 6.07 Å². The van der Waals surface area contributed by atoms with Crippen molar-refractivity contribution in [3.8, 4) is 6.07 Å². The lowest BCUT2D eigenvalue weighted by molar-refractivity contribution is -0.125. The zero-order valence-electron chi connectivity index (χ0n) is 17.9. The number of carbonyl (C=O) groups excluding carboxylic acids is 1. The molecule has 1 fully saturated rings. The van der Waals surface area contributed by atoms with Gasteiger partial charge in [-0.2, -0.15) is 5.26 Å². The number of hydrogen-bond acceptors (Lipinski definition) is 5. The maximum absolute atomic E-state index is 12.7. The van der Waals surface area contributed by atoms with Crippen LogP contribution >= 0.6 is 11.8 Å². The van der Waals surface area contributed by atoms with Crippen LogP contribution in [-0.2, 0) is 11.3 Å². The summed E-state index contributed by atoms with van der Waals surface area (Å²) in [7, 11) is 0. The molecule has 2 heterocycles. The van der Waals surface area contributed by atoms with Gasteiger partial charge in [0.2, 0.25) is 5.91 Å². The molecule has 1 amide bonds. The van der Waals surface area contributed by atoms with Gasteiger partial charge in [-0.25, -0.2) is 0 Å². The predicted octanol–water partition coefficient (Wildman–Crippen LogP) is 4.67. The number of hydrogen-bond donors (Lipinski definition) is 1. The molecule has 0 atom stereocenters. The van der Waals surface area contributed by atoms with E-state index in [-0.39, 0.29) is 11.8 Å². The molecular weight excluding hydrogens is 404 g/mol. The number of pyridine rings is 1. The normalized spacial score (nSPS) is 14.4. The quantitative estimate of drug-likeness (QED) is 0.596. The molecule has 5 nitrogen and oxygen atoms in total. The molecule has 1 saturated heterocycles. The van der Waals surface area contributed by atoms with Crippen molar-refractivity contribution in [2.75, 3.05) is 24.2 Å². The van der Waals surface area contributed by atoms with Crippen LogP contribution in [0.15, 0.2) is 53.6 Å². The Balaban J connectivity index is 1.42. The molecule has 1 aromatic heterocycles. The van der Waals surface area contributed by atoms with Crippen molar-refractivity contribution in [2.24, 2.45) is 5.92 Å². The van der Waals surface area contributed by atoms with Crippen molar-refractivity contribution in [3.05, 3.63) is 65.4 Å². The number of nitrogens with zero attached hydrogens (tertiary/aromatic N) is 3. The lowest BCUT2D eigenvalue weighted by atomic mass is 9.94. The van der Waals surface area contributed by atoms with Crippen LogP contribution < -0.4 is 10.2 Å². The van der Waals surface area contributed by atoms with Crippen molar-refractivity contribution in [3.63, 3.8) is 0 Å². The summed E-state index contributed by atoms with van der Waals surface area (Å²) in [5.74, 6) is 0.117. The highest BCUT2D eigenvalue weighted by Crippen LogP contribution is 2.33. The molecule has 2 aromatic carbocycles. The number of aryl methyl sites for hydroxylation is 1. The van der Waals surface area contributed by atoms with Crippen LogP contribution in [0.3, 0.4) is 0 Å². The monoisotopic (exact) mass is 430 g/mol. The second kappa shape index (κ2) is 9.40. The first-order chi connectivity index (χ1) is 15.1. The molecule has 31 heavy (non-hydrogen) atoms. The van der Waals surface area contributed by atoms with Crippen LogP contribution in [0.1, 0.15) is 29.5 Å². The van der Waals surface area contributed by atoms with Gasteiger partial charge in [-0.05, 0) is 55.9 Å². The van der Waals surface area contributed by atoms with Gasteiger partial charge in [0.25, 0.3) is 0 Å². The van der Waals surface area contributed by atoms with Gasteiger partial charge in [-0.15, -0.1) is 11.8 Å². The maximum Gasteiger partial charge on any atom is 0.223 e. The molecule has 158 valence electrons. The lowest BCUT2D eigenvalue weighted by Crippen LogP contribution is -2.40. The number of nitrogens with one attached hydrogen (secondary N) is 1. The number of rotatable bonds is 5. The van der Waals surface area contributed by atoms with E-state index in [1.165, 1.54) is 4.90 Å². The van der Waals surface area contributed by atoms with Gasteiger partial charge in [0.05, 0.1) is 16.8 Å². The SMILES string of the molecule is CSc1ccc(CNC(=O)C2CCN(c3c(C#N)cnc4ccc(C)cc34)CC2)cc1. The first kappa shape index (κ1) is 21.2. The Hall–Kier alpha value is -3.04. The number of thioether (sulfide) groups is 1. The minimum atomic E-state index is 0.00194. The minimum Gasteiger partial charge on any atom is -0.370 e. The van der Waals surface area contributed by atoms with Gasteiger partial charge in [0, 0.05) is 42.0 Å². The van der Waals surface area contributed by atoms with Crippen LogP contribution in [0.2, 0.25) is 0 Å². The molecule has 6 heteroatoms. The number of amides is 1. The molecule has 0 saturated carbocycles. The summed E-state index contributed by atoms with van der Waals surface area (Å²) in [6, 6.07) is 16.7. The van der Waals surface area contributed by atoms with E-state index in [4.69, 9.17) is 0 Å². The number of carbonyl (C=O) groups is 1. The Labute approximate surface area is 187 Å². The van der Waals surface area contributed by atoms with Crippen molar-refractivity contribution < 1.29 is 4.79 Å². The van der Waals surface area contributed by atoms with Gasteiger partial charge < -0.3 is 10.2 Å². The number of piperidine rings is 1. The highest BCUT2D eigenvalue weighted by molar-refractivity contribution is 7.98. The second-order valence-electron chi connectivity index (χ2n) is 7.98. The third-order valence-electron chi connectivity index (χ3n) is 5.92. The van der Waals surface area contributed by atoms with E-state index in [1.54, 1.807) is 18.0 Å². The number of benzene rings is 2. The zero-order chi connectivity index (χ0) is 21.8. The average molecular weight is 431 g/mol. The Morgan fingerprint density at radius 2 is 1.97 bits per heavy atom. The fourth-order valence-corrected chi connectivity index (χ4v) is 4.57. The van der Waals surface area contributed by atoms with E-state index in [9.17, 15) is 10.1 Å². The summed E-state index contributed by atoms with van der Waals surface area (Å²) in [5, 5.41) is 13.8. The Morgan fingerprint density at radius 1 is 1.23 bits per heavy atom. The highest BCUT2D eigenvalue weighted by atomic mass is 32.2. The molecule has 4 rings (SSSR count). The van der Waals surface area contributed by atoms with Crippen LogP contribution in [-0.4, -0.2) is 30.2 Å². The van der Waals surface area contributed by atoms with Crippen LogP contribution in [0.5, 0.6) is 0 Å². The van der Waals surface area contributed by atoms with Crippen molar-refractivity contribution >= 4 is 34.3 Å². The van der Waals surface area contributed by atoms with Crippen LogP contribution in [0, 0.1) is 24.2 Å². The van der Waals surface area contributed by atoms with Crippen molar-refractivity contribution in [1.29, 1.82) is 5.26 Å². The summed E-state index contributed by atoms with van der Waals surface area (Å²) in [5.41, 5.74) is 4.69. The first-order valence-electron chi connectivity index (χ1n) is 10.5. The van der Waals surface area contributed by atoms with E-state index in [0.717, 1.165) is 53.6 Å². The molecule has 1 N–H and O–H groups in total. The molecule has 1 aliphatic rings. The molecule has 0 spiro atoms. The van der Waals surface area contributed by atoms with Crippen molar-refractivity contribution in [1.82, 2.24) is 10.3 Å². The van der Waals surface area contributed by atoms with Gasteiger partial charge in [0.15, 0.2) is 0 Å². The van der Waals surface area contributed by atoms with Crippen LogP contribution in [0.25, 0.3) is 10.9 Å². The molecule has 0 bridgehead atoms. The smallest absolute Gasteiger partial charge is 0.223 e. The standard InChI is InChI=1S/C25H26N4OS/c1-17-3-8-23-22(13-17)24(20(14-26)16-27-23)29-11-9-19(10-12-29)25(30)28-15-18-4-6-21(31-2)7-5-18/h3-8,13,16,19H,9-12,15H2,1-2H3,(H,28,30). The number of anilines is 1. The number of aromatic nitrogens is 1. The van der Waals surface area contributed by atoms with E-state index in [2.05, 4.69) is 57.9 Å². The van der Waals surface area contributed by atoms with Crippen LogP contribution in [0.4, 0.5) is 5.69 Å². The largest absolute Gasteiger partial charge is 0.370 e. The van der Waals surface area contributed by atoms with Gasteiger partial charge in [-0.3, -0.25) is 9.78 Å². The second-order valence-corrected chi connectivity index (χ2v) is 8.86. The zero-order valence-corrected chi connectivity index (χ0v) is 18.7. The van der Waals surface area contributed by atoms with Gasteiger partial charge in [-0.1, -0.05) is 23.8 Å². The van der Waals surface area contributed by atoms with E-state index >= 15 is 0 Å². The molecule has 1 aliphatic heterocycles. The molecule has 0 radical (unpaired) electrons. The Kier molecular flexibility index (Phi) is 6.43.